The highest BCUT2D eigenvalue weighted by molar-refractivity contribution is 5.92. The molecule has 1 rings (SSSR count). The van der Waals surface area contributed by atoms with Crippen molar-refractivity contribution in [2.75, 3.05) is 0 Å². The Morgan fingerprint density at radius 1 is 1.41 bits per heavy atom. The van der Waals surface area contributed by atoms with Gasteiger partial charge in [-0.1, -0.05) is 20.8 Å². The number of hydrogen-bond donors (Lipinski definition) is 1. The van der Waals surface area contributed by atoms with Gasteiger partial charge < -0.3 is 5.32 Å². The van der Waals surface area contributed by atoms with Crippen LogP contribution in [0, 0.1) is 0 Å². The molecule has 1 aromatic heterocycles. The largest absolute Gasteiger partial charge is 0.348 e. The van der Waals surface area contributed by atoms with Gasteiger partial charge in [-0.05, 0) is 32.3 Å². The van der Waals surface area contributed by atoms with Gasteiger partial charge in [-0.25, -0.2) is 0 Å². The van der Waals surface area contributed by atoms with Gasteiger partial charge in [0.25, 0.3) is 5.91 Å². The van der Waals surface area contributed by atoms with Crippen molar-refractivity contribution in [3.8, 4) is 0 Å². The maximum absolute atomic E-state index is 12.1. The van der Waals surface area contributed by atoms with Crippen LogP contribution in [0.4, 0.5) is 0 Å². The van der Waals surface area contributed by atoms with Gasteiger partial charge in [-0.3, -0.25) is 9.48 Å². The first-order valence-corrected chi connectivity index (χ1v) is 6.38. The maximum Gasteiger partial charge on any atom is 0.269 e. The molecule has 1 unspecified atom stereocenters. The Hall–Kier alpha value is -1.32. The lowest BCUT2D eigenvalue weighted by Gasteiger charge is -2.11. The van der Waals surface area contributed by atoms with E-state index >= 15 is 0 Å². The van der Waals surface area contributed by atoms with E-state index in [0.29, 0.717) is 11.6 Å². The average molecular weight is 237 g/mol. The lowest BCUT2D eigenvalue weighted by Crippen LogP contribution is -2.33. The van der Waals surface area contributed by atoms with E-state index in [0.717, 1.165) is 18.7 Å². The van der Waals surface area contributed by atoms with E-state index in [1.54, 1.807) is 4.68 Å². The number of amides is 1. The third-order valence-electron chi connectivity index (χ3n) is 2.91. The average Bonchev–Trinajstić information content (AvgIpc) is 2.72. The van der Waals surface area contributed by atoms with Gasteiger partial charge in [-0.15, -0.1) is 0 Å². The summed E-state index contributed by atoms with van der Waals surface area (Å²) < 4.78 is 1.77. The van der Waals surface area contributed by atoms with Gasteiger partial charge in [0.05, 0.1) is 5.69 Å². The fraction of sp³-hybridized carbons (Fsp3) is 0.692. The van der Waals surface area contributed by atoms with Crippen molar-refractivity contribution in [1.82, 2.24) is 15.1 Å². The number of carbonyl (C=O) groups excluding carboxylic acids is 1. The predicted molar refractivity (Wildman–Crippen MR) is 69.2 cm³/mol. The summed E-state index contributed by atoms with van der Waals surface area (Å²) in [5, 5.41) is 7.41. The highest BCUT2D eigenvalue weighted by Crippen LogP contribution is 2.14. The number of nitrogens with zero attached hydrogens (tertiary/aromatic N) is 2. The first-order chi connectivity index (χ1) is 7.99. The molecule has 1 aromatic rings. The molecule has 0 aliphatic carbocycles. The normalized spacial score (nSPS) is 12.8. The molecule has 0 aromatic carbocycles. The van der Waals surface area contributed by atoms with E-state index < -0.39 is 0 Å². The van der Waals surface area contributed by atoms with Gasteiger partial charge in [0.15, 0.2) is 0 Å². The summed E-state index contributed by atoms with van der Waals surface area (Å²) in [4.78, 5) is 12.1. The molecule has 1 amide bonds. The molecule has 4 nitrogen and oxygen atoms in total. The molecule has 0 aliphatic rings. The predicted octanol–water partition coefficient (Wildman–Crippen LogP) is 2.55. The van der Waals surface area contributed by atoms with Crippen LogP contribution in [-0.2, 0) is 6.54 Å². The highest BCUT2D eigenvalue weighted by atomic mass is 16.2. The fourth-order valence-electron chi connectivity index (χ4n) is 1.54. The van der Waals surface area contributed by atoms with Gasteiger partial charge in [-0.2, -0.15) is 5.10 Å². The zero-order valence-corrected chi connectivity index (χ0v) is 11.4. The Kier molecular flexibility index (Phi) is 4.73. The molecule has 1 N–H and O–H groups in total. The second-order valence-corrected chi connectivity index (χ2v) is 4.71. The third kappa shape index (κ3) is 3.32. The van der Waals surface area contributed by atoms with Crippen LogP contribution < -0.4 is 5.32 Å². The standard InChI is InChI=1S/C13H23N3O/c1-6-10(5)14-13(17)12-8-11(9(3)4)15-16(12)7-2/h8-10H,6-7H2,1-5H3,(H,14,17). The van der Waals surface area contributed by atoms with Crippen LogP contribution in [0.15, 0.2) is 6.07 Å². The minimum Gasteiger partial charge on any atom is -0.348 e. The molecular formula is C13H23N3O. The molecule has 0 saturated heterocycles. The summed E-state index contributed by atoms with van der Waals surface area (Å²) in [6.45, 7) is 10.9. The summed E-state index contributed by atoms with van der Waals surface area (Å²) in [6, 6.07) is 2.09. The molecule has 4 heteroatoms. The lowest BCUT2D eigenvalue weighted by atomic mass is 10.1. The minimum atomic E-state index is -0.0272. The van der Waals surface area contributed by atoms with Crippen LogP contribution in [0.5, 0.6) is 0 Å². The number of aryl methyl sites for hydroxylation is 1. The molecule has 0 fully saturated rings. The van der Waals surface area contributed by atoms with Crippen molar-refractivity contribution in [1.29, 1.82) is 0 Å². The van der Waals surface area contributed by atoms with Crippen molar-refractivity contribution < 1.29 is 4.79 Å². The van der Waals surface area contributed by atoms with Crippen molar-refractivity contribution in [3.05, 3.63) is 17.5 Å². The van der Waals surface area contributed by atoms with Crippen LogP contribution >= 0.6 is 0 Å². The van der Waals surface area contributed by atoms with Crippen LogP contribution in [-0.4, -0.2) is 21.7 Å². The highest BCUT2D eigenvalue weighted by Gasteiger charge is 2.16. The number of hydrogen-bond acceptors (Lipinski definition) is 2. The van der Waals surface area contributed by atoms with Gasteiger partial charge in [0, 0.05) is 12.6 Å². The number of nitrogens with one attached hydrogen (secondary N) is 1. The number of rotatable bonds is 5. The summed E-state index contributed by atoms with van der Waals surface area (Å²) in [7, 11) is 0. The van der Waals surface area contributed by atoms with Crippen LogP contribution in [0.2, 0.25) is 0 Å². The SMILES string of the molecule is CCC(C)NC(=O)c1cc(C(C)C)nn1CC. The smallest absolute Gasteiger partial charge is 0.269 e. The Morgan fingerprint density at radius 2 is 2.06 bits per heavy atom. The Balaban J connectivity index is 2.92. The van der Waals surface area contributed by atoms with Gasteiger partial charge in [0.1, 0.15) is 5.69 Å². The zero-order chi connectivity index (χ0) is 13.0. The molecule has 0 spiro atoms. The first kappa shape index (κ1) is 13.7. The van der Waals surface area contributed by atoms with E-state index in [4.69, 9.17) is 0 Å². The number of aromatic nitrogens is 2. The molecule has 0 aliphatic heterocycles. The van der Waals surface area contributed by atoms with Gasteiger partial charge >= 0.3 is 0 Å². The minimum absolute atomic E-state index is 0.0272. The summed E-state index contributed by atoms with van der Waals surface area (Å²) in [5.41, 5.74) is 1.64. The molecular weight excluding hydrogens is 214 g/mol. The van der Waals surface area contributed by atoms with E-state index in [1.807, 2.05) is 19.9 Å². The van der Waals surface area contributed by atoms with E-state index in [2.05, 4.69) is 31.2 Å². The first-order valence-electron chi connectivity index (χ1n) is 6.38. The number of carbonyl (C=O) groups is 1. The Bertz CT molecular complexity index is 382. The van der Waals surface area contributed by atoms with Crippen molar-refractivity contribution in [3.63, 3.8) is 0 Å². The third-order valence-corrected chi connectivity index (χ3v) is 2.91. The maximum atomic E-state index is 12.1. The topological polar surface area (TPSA) is 46.9 Å². The van der Waals surface area contributed by atoms with E-state index in [9.17, 15) is 4.79 Å². The van der Waals surface area contributed by atoms with E-state index in [-0.39, 0.29) is 11.9 Å². The second-order valence-electron chi connectivity index (χ2n) is 4.71. The van der Waals surface area contributed by atoms with Crippen molar-refractivity contribution in [2.24, 2.45) is 0 Å². The quantitative estimate of drug-likeness (QED) is 0.855. The summed E-state index contributed by atoms with van der Waals surface area (Å²) >= 11 is 0. The molecule has 0 radical (unpaired) electrons. The lowest BCUT2D eigenvalue weighted by molar-refractivity contribution is 0.0928. The summed E-state index contributed by atoms with van der Waals surface area (Å²) in [5.74, 6) is 0.318. The zero-order valence-electron chi connectivity index (χ0n) is 11.4. The molecule has 17 heavy (non-hydrogen) atoms. The Labute approximate surface area is 103 Å². The molecule has 0 bridgehead atoms. The fourth-order valence-corrected chi connectivity index (χ4v) is 1.54. The van der Waals surface area contributed by atoms with E-state index in [1.165, 1.54) is 0 Å². The molecule has 1 atom stereocenters. The molecule has 0 saturated carbocycles. The summed E-state index contributed by atoms with van der Waals surface area (Å²) in [6.07, 6.45) is 0.934. The molecule has 1 heterocycles. The molecule has 96 valence electrons. The van der Waals surface area contributed by atoms with Crippen LogP contribution in [0.1, 0.15) is 63.1 Å². The van der Waals surface area contributed by atoms with Crippen molar-refractivity contribution in [2.45, 2.75) is 59.5 Å². The van der Waals surface area contributed by atoms with Crippen LogP contribution in [0.3, 0.4) is 0 Å². The second kappa shape index (κ2) is 5.84. The van der Waals surface area contributed by atoms with Crippen molar-refractivity contribution >= 4 is 5.91 Å². The monoisotopic (exact) mass is 237 g/mol. The van der Waals surface area contributed by atoms with Gasteiger partial charge in [0.2, 0.25) is 0 Å². The van der Waals surface area contributed by atoms with Crippen LogP contribution in [0.25, 0.3) is 0 Å². The Morgan fingerprint density at radius 3 is 2.53 bits per heavy atom.